The smallest absolute Gasteiger partial charge is 0.317 e. The number of nitrogens with zero attached hydrogens (tertiary/aromatic N) is 1. The number of aromatic nitrogens is 1. The van der Waals surface area contributed by atoms with Crippen molar-refractivity contribution >= 4 is 18.5 Å². The zero-order valence-electron chi connectivity index (χ0n) is 8.68. The maximum absolute atomic E-state index is 5.28. The van der Waals surface area contributed by atoms with Gasteiger partial charge in [-0.2, -0.15) is 0 Å². The fourth-order valence-corrected chi connectivity index (χ4v) is 1.10. The first-order valence-corrected chi connectivity index (χ1v) is 4.91. The lowest BCUT2D eigenvalue weighted by atomic mass is 10.2. The van der Waals surface area contributed by atoms with Crippen LogP contribution >= 0.6 is 12.9 Å². The molecule has 0 saturated heterocycles. The van der Waals surface area contributed by atoms with Crippen molar-refractivity contribution in [3.8, 4) is 5.95 Å². The summed E-state index contributed by atoms with van der Waals surface area (Å²) in [5, 5.41) is 0. The predicted molar refractivity (Wildman–Crippen MR) is 63.7 cm³/mol. The van der Waals surface area contributed by atoms with Crippen molar-refractivity contribution in [3.63, 3.8) is 0 Å². The summed E-state index contributed by atoms with van der Waals surface area (Å²) in [4.78, 5) is 4.06. The summed E-state index contributed by atoms with van der Waals surface area (Å²) >= 11 is 3.63. The van der Waals surface area contributed by atoms with Gasteiger partial charge in [0.2, 0.25) is 5.89 Å². The van der Waals surface area contributed by atoms with Crippen molar-refractivity contribution in [2.75, 3.05) is 0 Å². The van der Waals surface area contributed by atoms with E-state index in [1.165, 1.54) is 6.20 Å². The van der Waals surface area contributed by atoms with Gasteiger partial charge in [0.15, 0.2) is 0 Å². The van der Waals surface area contributed by atoms with Gasteiger partial charge in [0.05, 0.1) is 0 Å². The highest BCUT2D eigenvalue weighted by molar-refractivity contribution is 7.75. The second kappa shape index (κ2) is 6.14. The minimum atomic E-state index is 0.282. The largest absolute Gasteiger partial charge is 0.405 e. The molecule has 0 aromatic carbocycles. The third-order valence-electron chi connectivity index (χ3n) is 1.64. The van der Waals surface area contributed by atoms with E-state index in [1.807, 2.05) is 44.2 Å². The highest BCUT2D eigenvalue weighted by Gasteiger charge is 2.06. The van der Waals surface area contributed by atoms with E-state index in [-0.39, 0.29) is 5.95 Å². The van der Waals surface area contributed by atoms with Crippen molar-refractivity contribution < 1.29 is 8.60 Å². The van der Waals surface area contributed by atoms with Crippen LogP contribution in [0.3, 0.4) is 0 Å². The molecule has 0 aliphatic rings. The zero-order chi connectivity index (χ0) is 11.1. The second-order valence-corrected chi connectivity index (χ2v) is 2.91. The van der Waals surface area contributed by atoms with Gasteiger partial charge in [-0.3, -0.25) is 0 Å². The van der Waals surface area contributed by atoms with E-state index in [0.29, 0.717) is 5.89 Å². The van der Waals surface area contributed by atoms with Crippen LogP contribution in [0.1, 0.15) is 19.7 Å². The molecule has 0 N–H and O–H groups in total. The molecule has 0 aliphatic heterocycles. The number of hydrogen-bond donors (Lipinski definition) is 1. The fraction of sp³-hybridized carbons (Fsp3) is 0.182. The van der Waals surface area contributed by atoms with Crippen LogP contribution in [0.5, 0.6) is 5.95 Å². The summed E-state index contributed by atoms with van der Waals surface area (Å²) < 4.78 is 9.90. The molecule has 15 heavy (non-hydrogen) atoms. The normalized spacial score (nSPS) is 12.9. The lowest BCUT2D eigenvalue weighted by molar-refractivity contribution is 0.417. The van der Waals surface area contributed by atoms with Crippen LogP contribution in [0.15, 0.2) is 41.0 Å². The zero-order valence-corrected chi connectivity index (χ0v) is 9.57. The van der Waals surface area contributed by atoms with Crippen LogP contribution in [0, 0.1) is 0 Å². The molecule has 1 aromatic heterocycles. The Morgan fingerprint density at radius 2 is 2.27 bits per heavy atom. The summed E-state index contributed by atoms with van der Waals surface area (Å²) in [5.41, 5.74) is 0.882. The van der Waals surface area contributed by atoms with Crippen LogP contribution in [-0.2, 0) is 0 Å². The molecule has 1 aromatic rings. The number of rotatable bonds is 4. The van der Waals surface area contributed by atoms with Gasteiger partial charge in [0.25, 0.3) is 0 Å². The molecular formula is C11H13NO2S. The summed E-state index contributed by atoms with van der Waals surface area (Å²) in [7, 11) is 0. The molecule has 0 fully saturated rings. The second-order valence-electron chi connectivity index (χ2n) is 2.72. The topological polar surface area (TPSA) is 35.3 Å². The molecule has 0 bridgehead atoms. The molecular weight excluding hydrogens is 210 g/mol. The molecule has 0 amide bonds. The molecule has 0 radical (unpaired) electrons. The number of hydrogen-bond acceptors (Lipinski definition) is 4. The number of allylic oxidation sites excluding steroid dienone is 6. The Hall–Kier alpha value is -1.42. The minimum absolute atomic E-state index is 0.282. The van der Waals surface area contributed by atoms with Crippen LogP contribution in [-0.4, -0.2) is 4.98 Å². The van der Waals surface area contributed by atoms with Gasteiger partial charge in [-0.05, 0) is 19.9 Å². The summed E-state index contributed by atoms with van der Waals surface area (Å²) in [6, 6.07) is 0. The Kier molecular flexibility index (Phi) is 4.77. The van der Waals surface area contributed by atoms with Crippen molar-refractivity contribution in [2.45, 2.75) is 13.8 Å². The van der Waals surface area contributed by atoms with Gasteiger partial charge in [-0.15, -0.1) is 0 Å². The maximum Gasteiger partial charge on any atom is 0.317 e. The van der Waals surface area contributed by atoms with Crippen molar-refractivity contribution in [1.82, 2.24) is 4.98 Å². The Morgan fingerprint density at radius 3 is 2.80 bits per heavy atom. The van der Waals surface area contributed by atoms with E-state index in [4.69, 9.17) is 4.42 Å². The molecule has 1 rings (SSSR count). The van der Waals surface area contributed by atoms with Gasteiger partial charge < -0.3 is 8.60 Å². The molecule has 0 atom stereocenters. The third-order valence-corrected chi connectivity index (χ3v) is 1.82. The van der Waals surface area contributed by atoms with Gasteiger partial charge in [-0.25, -0.2) is 4.98 Å². The Morgan fingerprint density at radius 1 is 1.47 bits per heavy atom. The number of thiol groups is 1. The quantitative estimate of drug-likeness (QED) is 0.482. The summed E-state index contributed by atoms with van der Waals surface area (Å²) in [6.45, 7) is 3.88. The van der Waals surface area contributed by atoms with E-state index in [2.05, 4.69) is 22.1 Å². The summed E-state index contributed by atoms with van der Waals surface area (Å²) in [6.07, 6.45) is 11.1. The highest BCUT2D eigenvalue weighted by atomic mass is 32.1. The lowest BCUT2D eigenvalue weighted by Gasteiger charge is -1.93. The van der Waals surface area contributed by atoms with E-state index >= 15 is 0 Å². The average Bonchev–Trinajstić information content (AvgIpc) is 2.72. The molecule has 0 aliphatic carbocycles. The minimum Gasteiger partial charge on any atom is -0.405 e. The highest BCUT2D eigenvalue weighted by Crippen LogP contribution is 2.21. The molecule has 1 heterocycles. The summed E-state index contributed by atoms with van der Waals surface area (Å²) in [5.74, 6) is 0.791. The van der Waals surface area contributed by atoms with Crippen molar-refractivity contribution in [1.29, 1.82) is 0 Å². The molecule has 3 nitrogen and oxygen atoms in total. The van der Waals surface area contributed by atoms with Crippen molar-refractivity contribution in [3.05, 3.63) is 42.5 Å². The van der Waals surface area contributed by atoms with Crippen LogP contribution in [0.25, 0.3) is 5.57 Å². The average molecular weight is 223 g/mol. The van der Waals surface area contributed by atoms with Crippen LogP contribution < -0.4 is 4.18 Å². The first-order chi connectivity index (χ1) is 7.31. The van der Waals surface area contributed by atoms with E-state index in [9.17, 15) is 0 Å². The molecule has 0 spiro atoms. The Bertz CT molecular complexity index is 391. The Balaban J connectivity index is 2.98. The fourth-order valence-electron chi connectivity index (χ4n) is 1.01. The van der Waals surface area contributed by atoms with Gasteiger partial charge >= 0.3 is 5.95 Å². The molecule has 80 valence electrons. The first kappa shape index (κ1) is 11.7. The molecule has 0 saturated carbocycles. The van der Waals surface area contributed by atoms with E-state index in [0.717, 1.165) is 5.57 Å². The standard InChI is InChI=1S/C11H13NO2S/c1-3-5-7-9(6-4-2)11-12-8-10(13-11)14-15/h3-8,15H,1-2H3/b5-3-,6-4-,9-7+. The number of oxazole rings is 1. The molecule has 4 heteroatoms. The van der Waals surface area contributed by atoms with E-state index in [1.54, 1.807) is 0 Å². The Labute approximate surface area is 94.8 Å². The monoisotopic (exact) mass is 223 g/mol. The van der Waals surface area contributed by atoms with Gasteiger partial charge in [-0.1, -0.05) is 24.3 Å². The SMILES string of the molecule is C\C=C/C=C(\C=C/C)c1ncc(OS)o1. The maximum atomic E-state index is 5.28. The van der Waals surface area contributed by atoms with Crippen molar-refractivity contribution in [2.24, 2.45) is 0 Å². The first-order valence-electron chi connectivity index (χ1n) is 4.55. The third kappa shape index (κ3) is 3.32. The van der Waals surface area contributed by atoms with Gasteiger partial charge in [0, 0.05) is 18.5 Å². The van der Waals surface area contributed by atoms with Crippen LogP contribution in [0.4, 0.5) is 0 Å². The van der Waals surface area contributed by atoms with Gasteiger partial charge in [0.1, 0.15) is 6.20 Å². The van der Waals surface area contributed by atoms with Crippen LogP contribution in [0.2, 0.25) is 0 Å². The van der Waals surface area contributed by atoms with E-state index < -0.39 is 0 Å². The molecule has 0 unspecified atom stereocenters. The lowest BCUT2D eigenvalue weighted by Crippen LogP contribution is -1.78. The predicted octanol–water partition coefficient (Wildman–Crippen LogP) is 3.43.